The fraction of sp³-hybridized carbons (Fsp3) is 0.125. The molecule has 1 aromatic carbocycles. The van der Waals surface area contributed by atoms with Gasteiger partial charge in [-0.1, -0.05) is 17.7 Å². The number of carbonyl (C=O) groups excluding carboxylic acids is 1. The second kappa shape index (κ2) is 3.56. The predicted octanol–water partition coefficient (Wildman–Crippen LogP) is 1.25. The molecule has 0 fully saturated rings. The van der Waals surface area contributed by atoms with Gasteiger partial charge in [-0.3, -0.25) is 10.2 Å². The van der Waals surface area contributed by atoms with Crippen molar-refractivity contribution in [1.82, 2.24) is 5.43 Å². The monoisotopic (exact) mass is 184 g/mol. The Morgan fingerprint density at radius 1 is 1.58 bits per heavy atom. The van der Waals surface area contributed by atoms with Crippen molar-refractivity contribution in [3.8, 4) is 0 Å². The van der Waals surface area contributed by atoms with Gasteiger partial charge in [-0.15, -0.1) is 0 Å². The number of nitrogens with two attached hydrogens (primary N) is 1. The van der Waals surface area contributed by atoms with Crippen LogP contribution in [0.25, 0.3) is 0 Å². The van der Waals surface area contributed by atoms with Crippen LogP contribution in [0.15, 0.2) is 18.2 Å². The summed E-state index contributed by atoms with van der Waals surface area (Å²) in [5.41, 5.74) is 3.43. The summed E-state index contributed by atoms with van der Waals surface area (Å²) in [6.07, 6.45) is 0. The fourth-order valence-corrected chi connectivity index (χ4v) is 0.998. The number of hydrogen-bond acceptors (Lipinski definition) is 2. The second-order valence-corrected chi connectivity index (χ2v) is 2.84. The van der Waals surface area contributed by atoms with E-state index >= 15 is 0 Å². The molecule has 4 heteroatoms. The van der Waals surface area contributed by atoms with Gasteiger partial charge >= 0.3 is 0 Å². The largest absolute Gasteiger partial charge is 0.290 e. The zero-order valence-electron chi connectivity index (χ0n) is 6.60. The van der Waals surface area contributed by atoms with Crippen LogP contribution in [-0.4, -0.2) is 5.91 Å². The Morgan fingerprint density at radius 2 is 2.25 bits per heavy atom. The van der Waals surface area contributed by atoms with Crippen LogP contribution in [0.3, 0.4) is 0 Å². The first-order valence-electron chi connectivity index (χ1n) is 3.42. The lowest BCUT2D eigenvalue weighted by atomic mass is 10.1. The summed E-state index contributed by atoms with van der Waals surface area (Å²) in [5.74, 6) is 4.61. The Bertz CT molecular complexity index is 312. The number of rotatable bonds is 1. The lowest BCUT2D eigenvalue weighted by Crippen LogP contribution is -2.29. The summed E-state index contributed by atoms with van der Waals surface area (Å²) in [6.45, 7) is 1.87. The second-order valence-electron chi connectivity index (χ2n) is 2.44. The van der Waals surface area contributed by atoms with E-state index in [4.69, 9.17) is 17.4 Å². The van der Waals surface area contributed by atoms with E-state index < -0.39 is 0 Å². The zero-order valence-corrected chi connectivity index (χ0v) is 7.35. The highest BCUT2D eigenvalue weighted by Crippen LogP contribution is 2.16. The van der Waals surface area contributed by atoms with Crippen molar-refractivity contribution in [3.63, 3.8) is 0 Å². The molecule has 0 aliphatic heterocycles. The van der Waals surface area contributed by atoms with Crippen molar-refractivity contribution in [3.05, 3.63) is 34.3 Å². The molecule has 1 amide bonds. The molecule has 0 aliphatic carbocycles. The van der Waals surface area contributed by atoms with E-state index in [1.807, 2.05) is 12.3 Å². The standard InChI is InChI=1S/C8H9ClN2O/c1-5-2-3-6(4-7(5)9)8(12)11-10/h2-4H,10H2,1H3,(H,11,12). The van der Waals surface area contributed by atoms with E-state index in [-0.39, 0.29) is 5.91 Å². The SMILES string of the molecule is Cc1ccc(C(=O)NN)cc1Cl. The molecule has 0 atom stereocenters. The summed E-state index contributed by atoms with van der Waals surface area (Å²) < 4.78 is 0. The summed E-state index contributed by atoms with van der Waals surface area (Å²) in [4.78, 5) is 11.0. The number of hydrogen-bond donors (Lipinski definition) is 2. The van der Waals surface area contributed by atoms with Gasteiger partial charge in [0.15, 0.2) is 0 Å². The van der Waals surface area contributed by atoms with Gasteiger partial charge in [-0.05, 0) is 24.6 Å². The number of nitrogen functional groups attached to an aromatic ring is 1. The lowest BCUT2D eigenvalue weighted by Gasteiger charge is -2.01. The number of carbonyl (C=O) groups is 1. The number of nitrogens with one attached hydrogen (secondary N) is 1. The summed E-state index contributed by atoms with van der Waals surface area (Å²) in [7, 11) is 0. The molecule has 0 saturated heterocycles. The van der Waals surface area contributed by atoms with E-state index in [2.05, 4.69) is 0 Å². The first-order chi connectivity index (χ1) is 5.65. The Hall–Kier alpha value is -1.06. The molecular formula is C8H9ClN2O. The lowest BCUT2D eigenvalue weighted by molar-refractivity contribution is 0.0953. The summed E-state index contributed by atoms with van der Waals surface area (Å²) >= 11 is 5.79. The molecule has 64 valence electrons. The summed E-state index contributed by atoms with van der Waals surface area (Å²) in [6, 6.07) is 5.02. The molecule has 1 aromatic rings. The number of hydrazine groups is 1. The Labute approximate surface area is 75.5 Å². The van der Waals surface area contributed by atoms with Crippen LogP contribution in [0.1, 0.15) is 15.9 Å². The van der Waals surface area contributed by atoms with Gasteiger partial charge in [0.1, 0.15) is 0 Å². The van der Waals surface area contributed by atoms with Crippen molar-refractivity contribution in [2.75, 3.05) is 0 Å². The Balaban J connectivity index is 3.05. The highest BCUT2D eigenvalue weighted by molar-refractivity contribution is 6.31. The quantitative estimate of drug-likeness (QED) is 0.392. The number of halogens is 1. The van der Waals surface area contributed by atoms with Crippen LogP contribution < -0.4 is 11.3 Å². The molecule has 0 heterocycles. The van der Waals surface area contributed by atoms with Crippen molar-refractivity contribution in [2.45, 2.75) is 6.92 Å². The van der Waals surface area contributed by atoms with E-state index in [0.717, 1.165) is 5.56 Å². The van der Waals surface area contributed by atoms with E-state index in [9.17, 15) is 4.79 Å². The minimum absolute atomic E-state index is 0.336. The van der Waals surface area contributed by atoms with Crippen molar-refractivity contribution in [2.24, 2.45) is 5.84 Å². The third-order valence-electron chi connectivity index (χ3n) is 1.57. The minimum Gasteiger partial charge on any atom is -0.290 e. The smallest absolute Gasteiger partial charge is 0.265 e. The van der Waals surface area contributed by atoms with E-state index in [0.29, 0.717) is 10.6 Å². The van der Waals surface area contributed by atoms with Crippen LogP contribution >= 0.6 is 11.6 Å². The Kier molecular flexibility index (Phi) is 2.68. The van der Waals surface area contributed by atoms with Gasteiger partial charge in [0.25, 0.3) is 5.91 Å². The van der Waals surface area contributed by atoms with Crippen LogP contribution in [0.2, 0.25) is 5.02 Å². The third-order valence-corrected chi connectivity index (χ3v) is 1.97. The maximum atomic E-state index is 11.0. The van der Waals surface area contributed by atoms with Crippen molar-refractivity contribution in [1.29, 1.82) is 0 Å². The third kappa shape index (κ3) is 1.75. The molecule has 0 saturated carbocycles. The molecule has 0 spiro atoms. The highest BCUT2D eigenvalue weighted by Gasteiger charge is 2.04. The maximum Gasteiger partial charge on any atom is 0.265 e. The van der Waals surface area contributed by atoms with Crippen LogP contribution in [0, 0.1) is 6.92 Å². The average Bonchev–Trinajstić information content (AvgIpc) is 2.08. The number of benzene rings is 1. The highest BCUT2D eigenvalue weighted by atomic mass is 35.5. The molecule has 3 nitrogen and oxygen atoms in total. The van der Waals surface area contributed by atoms with Gasteiger partial charge in [0.2, 0.25) is 0 Å². The molecule has 0 unspecified atom stereocenters. The summed E-state index contributed by atoms with van der Waals surface area (Å²) in [5, 5.41) is 0.566. The molecule has 0 radical (unpaired) electrons. The minimum atomic E-state index is -0.336. The number of aryl methyl sites for hydroxylation is 1. The van der Waals surface area contributed by atoms with Crippen LogP contribution in [0.5, 0.6) is 0 Å². The van der Waals surface area contributed by atoms with Crippen molar-refractivity contribution >= 4 is 17.5 Å². The first-order valence-corrected chi connectivity index (χ1v) is 3.80. The molecular weight excluding hydrogens is 176 g/mol. The molecule has 1 rings (SSSR count). The van der Waals surface area contributed by atoms with Gasteiger partial charge < -0.3 is 0 Å². The Morgan fingerprint density at radius 3 is 2.75 bits per heavy atom. The van der Waals surface area contributed by atoms with Crippen LogP contribution in [-0.2, 0) is 0 Å². The predicted molar refractivity (Wildman–Crippen MR) is 47.8 cm³/mol. The normalized spacial score (nSPS) is 9.58. The molecule has 0 aliphatic rings. The van der Waals surface area contributed by atoms with Gasteiger partial charge in [-0.25, -0.2) is 5.84 Å². The van der Waals surface area contributed by atoms with Crippen molar-refractivity contribution < 1.29 is 4.79 Å². The average molecular weight is 185 g/mol. The molecule has 0 aromatic heterocycles. The van der Waals surface area contributed by atoms with Gasteiger partial charge in [0.05, 0.1) is 0 Å². The van der Waals surface area contributed by atoms with E-state index in [1.54, 1.807) is 18.2 Å². The van der Waals surface area contributed by atoms with Gasteiger partial charge in [0, 0.05) is 10.6 Å². The van der Waals surface area contributed by atoms with Crippen LogP contribution in [0.4, 0.5) is 0 Å². The molecule has 0 bridgehead atoms. The van der Waals surface area contributed by atoms with E-state index in [1.165, 1.54) is 0 Å². The number of amides is 1. The van der Waals surface area contributed by atoms with Gasteiger partial charge in [-0.2, -0.15) is 0 Å². The molecule has 12 heavy (non-hydrogen) atoms. The maximum absolute atomic E-state index is 11.0. The fourth-order valence-electron chi connectivity index (χ4n) is 0.817. The first kappa shape index (κ1) is 9.03. The molecule has 3 N–H and O–H groups in total. The topological polar surface area (TPSA) is 55.1 Å². The zero-order chi connectivity index (χ0) is 9.14.